The van der Waals surface area contributed by atoms with Crippen molar-refractivity contribution in [1.82, 2.24) is 24.0 Å². The van der Waals surface area contributed by atoms with Crippen LogP contribution < -0.4 is 5.32 Å². The van der Waals surface area contributed by atoms with E-state index in [0.717, 1.165) is 11.6 Å². The van der Waals surface area contributed by atoms with Crippen molar-refractivity contribution in [2.75, 3.05) is 38.5 Å². The van der Waals surface area contributed by atoms with Crippen molar-refractivity contribution in [3.05, 3.63) is 70.7 Å². The zero-order valence-electron chi connectivity index (χ0n) is 17.5. The molecule has 32 heavy (non-hydrogen) atoms. The number of aromatic nitrogens is 3. The molecule has 1 saturated heterocycles. The van der Waals surface area contributed by atoms with Crippen molar-refractivity contribution in [2.24, 2.45) is 0 Å². The first kappa shape index (κ1) is 21.9. The maximum absolute atomic E-state index is 12.9. The Kier molecular flexibility index (Phi) is 6.17. The normalized spacial score (nSPS) is 15.5. The van der Waals surface area contributed by atoms with E-state index in [2.05, 4.69) is 15.4 Å². The predicted octanol–water partition coefficient (Wildman–Crippen LogP) is 1.72. The summed E-state index contributed by atoms with van der Waals surface area (Å²) in [4.78, 5) is 17.4. The number of nitro benzene ring substituents is 1. The van der Waals surface area contributed by atoms with Crippen LogP contribution in [0.15, 0.2) is 59.9 Å². The van der Waals surface area contributed by atoms with Crippen molar-refractivity contribution in [1.29, 1.82) is 0 Å². The Morgan fingerprint density at radius 3 is 2.56 bits per heavy atom. The molecule has 0 amide bonds. The van der Waals surface area contributed by atoms with Crippen LogP contribution in [-0.4, -0.2) is 70.5 Å². The molecule has 0 atom stereocenters. The van der Waals surface area contributed by atoms with Crippen molar-refractivity contribution in [3.8, 4) is 5.82 Å². The Labute approximate surface area is 185 Å². The van der Waals surface area contributed by atoms with E-state index in [1.165, 1.54) is 16.4 Å². The quantitative estimate of drug-likeness (QED) is 0.420. The Bertz CT molecular complexity index is 1190. The van der Waals surface area contributed by atoms with E-state index in [4.69, 9.17) is 0 Å². The molecule has 4 rings (SSSR count). The fourth-order valence-corrected chi connectivity index (χ4v) is 4.85. The van der Waals surface area contributed by atoms with Crippen molar-refractivity contribution >= 4 is 21.4 Å². The molecule has 1 aliphatic heterocycles. The molecule has 3 heterocycles. The fourth-order valence-electron chi connectivity index (χ4n) is 3.41. The lowest BCUT2D eigenvalue weighted by atomic mass is 10.2. The third kappa shape index (κ3) is 4.61. The van der Waals surface area contributed by atoms with Gasteiger partial charge in [-0.2, -0.15) is 9.40 Å². The number of nitro groups is 1. The SMILES string of the molecule is CN1CCN(S(=O)(=O)c2ccc(NCc3ccc(-n4cccn4)nc3)c([N+](=O)[O-])c2)CC1. The first-order chi connectivity index (χ1) is 15.3. The number of anilines is 1. The van der Waals surface area contributed by atoms with Crippen LogP contribution in [0, 0.1) is 10.1 Å². The third-order valence-electron chi connectivity index (χ3n) is 5.30. The van der Waals surface area contributed by atoms with Crippen LogP contribution >= 0.6 is 0 Å². The smallest absolute Gasteiger partial charge is 0.293 e. The molecule has 0 spiro atoms. The monoisotopic (exact) mass is 457 g/mol. The molecule has 1 N–H and O–H groups in total. The minimum atomic E-state index is -3.80. The van der Waals surface area contributed by atoms with Gasteiger partial charge in [0.2, 0.25) is 10.0 Å². The average molecular weight is 458 g/mol. The topological polar surface area (TPSA) is 126 Å². The van der Waals surface area contributed by atoms with Crippen LogP contribution in [0.2, 0.25) is 0 Å². The maximum Gasteiger partial charge on any atom is 0.293 e. The molecule has 0 bridgehead atoms. The van der Waals surface area contributed by atoms with E-state index in [-0.39, 0.29) is 22.8 Å². The van der Waals surface area contributed by atoms with Gasteiger partial charge in [0.05, 0.1) is 9.82 Å². The molecule has 3 aromatic rings. The summed E-state index contributed by atoms with van der Waals surface area (Å²) in [6.45, 7) is 2.24. The molecule has 0 unspecified atom stereocenters. The van der Waals surface area contributed by atoms with Crippen molar-refractivity contribution < 1.29 is 13.3 Å². The summed E-state index contributed by atoms with van der Waals surface area (Å²) in [6.07, 6.45) is 5.09. The summed E-state index contributed by atoms with van der Waals surface area (Å²) in [6, 6.07) is 9.40. The average Bonchev–Trinajstić information content (AvgIpc) is 3.33. The molecule has 0 radical (unpaired) electrons. The second-order valence-electron chi connectivity index (χ2n) is 7.47. The highest BCUT2D eigenvalue weighted by Crippen LogP contribution is 2.29. The molecule has 1 fully saturated rings. The molecular weight excluding hydrogens is 434 g/mol. The third-order valence-corrected chi connectivity index (χ3v) is 7.19. The maximum atomic E-state index is 12.9. The number of hydrogen-bond acceptors (Lipinski definition) is 8. The largest absolute Gasteiger partial charge is 0.375 e. The standard InChI is InChI=1S/C20H23N7O4S/c1-24-9-11-25(12-10-24)32(30,31)17-4-5-18(19(13-17)27(28)29)21-14-16-3-6-20(22-15-16)26-8-2-7-23-26/h2-8,13,15,21H,9-12,14H2,1H3. The van der Waals surface area contributed by atoms with E-state index < -0.39 is 14.9 Å². The number of nitrogens with one attached hydrogen (secondary N) is 1. The number of rotatable bonds is 7. The fraction of sp³-hybridized carbons (Fsp3) is 0.300. The molecule has 168 valence electrons. The first-order valence-electron chi connectivity index (χ1n) is 10.0. The number of piperazine rings is 1. The van der Waals surface area contributed by atoms with Gasteiger partial charge in [-0.25, -0.2) is 18.1 Å². The van der Waals surface area contributed by atoms with Crippen molar-refractivity contribution in [3.63, 3.8) is 0 Å². The van der Waals surface area contributed by atoms with Gasteiger partial charge in [0, 0.05) is 57.4 Å². The van der Waals surface area contributed by atoms with Crippen LogP contribution in [0.1, 0.15) is 5.56 Å². The van der Waals surface area contributed by atoms with Gasteiger partial charge in [0.25, 0.3) is 5.69 Å². The van der Waals surface area contributed by atoms with Crippen LogP contribution in [0.25, 0.3) is 5.82 Å². The van der Waals surface area contributed by atoms with Crippen LogP contribution in [0.3, 0.4) is 0 Å². The summed E-state index contributed by atoms with van der Waals surface area (Å²) in [5.74, 6) is 0.656. The number of pyridine rings is 1. The van der Waals surface area contributed by atoms with Crippen LogP contribution in [0.4, 0.5) is 11.4 Å². The summed E-state index contributed by atoms with van der Waals surface area (Å²) < 4.78 is 28.9. The van der Waals surface area contributed by atoms with Crippen LogP contribution in [-0.2, 0) is 16.6 Å². The van der Waals surface area contributed by atoms with E-state index in [1.54, 1.807) is 35.4 Å². The van der Waals surface area contributed by atoms with Crippen LogP contribution in [0.5, 0.6) is 0 Å². The van der Waals surface area contributed by atoms with E-state index in [9.17, 15) is 18.5 Å². The molecule has 0 saturated carbocycles. The molecule has 11 nitrogen and oxygen atoms in total. The van der Waals surface area contributed by atoms with Gasteiger partial charge in [-0.1, -0.05) is 6.07 Å². The highest BCUT2D eigenvalue weighted by Gasteiger charge is 2.29. The Balaban J connectivity index is 1.50. The molecule has 1 aromatic carbocycles. The molecule has 2 aromatic heterocycles. The van der Waals surface area contributed by atoms with E-state index in [0.29, 0.717) is 32.0 Å². The zero-order valence-corrected chi connectivity index (χ0v) is 18.3. The number of likely N-dealkylation sites (N-methyl/N-ethyl adjacent to an activating group) is 1. The van der Waals surface area contributed by atoms with Gasteiger partial charge >= 0.3 is 0 Å². The highest BCUT2D eigenvalue weighted by atomic mass is 32.2. The Morgan fingerprint density at radius 2 is 1.94 bits per heavy atom. The lowest BCUT2D eigenvalue weighted by Gasteiger charge is -2.31. The summed E-state index contributed by atoms with van der Waals surface area (Å²) in [5.41, 5.74) is 0.758. The second-order valence-corrected chi connectivity index (χ2v) is 9.41. The number of hydrogen-bond donors (Lipinski definition) is 1. The first-order valence-corrected chi connectivity index (χ1v) is 11.4. The summed E-state index contributed by atoms with van der Waals surface area (Å²) in [5, 5.41) is 18.8. The Morgan fingerprint density at radius 1 is 1.16 bits per heavy atom. The lowest BCUT2D eigenvalue weighted by Crippen LogP contribution is -2.47. The van der Waals surface area contributed by atoms with Crippen molar-refractivity contribution in [2.45, 2.75) is 11.4 Å². The van der Waals surface area contributed by atoms with Gasteiger partial charge in [-0.3, -0.25) is 10.1 Å². The van der Waals surface area contributed by atoms with Gasteiger partial charge < -0.3 is 10.2 Å². The number of benzene rings is 1. The van der Waals surface area contributed by atoms with Gasteiger partial charge in [0.15, 0.2) is 5.82 Å². The number of sulfonamides is 1. The molecule has 1 aliphatic rings. The number of nitrogens with zero attached hydrogens (tertiary/aromatic N) is 6. The second kappa shape index (κ2) is 9.02. The van der Waals surface area contributed by atoms with Gasteiger partial charge in [-0.15, -0.1) is 0 Å². The van der Waals surface area contributed by atoms with E-state index >= 15 is 0 Å². The zero-order chi connectivity index (χ0) is 22.7. The minimum absolute atomic E-state index is 0.0791. The predicted molar refractivity (Wildman–Crippen MR) is 118 cm³/mol. The summed E-state index contributed by atoms with van der Waals surface area (Å²) >= 11 is 0. The highest BCUT2D eigenvalue weighted by molar-refractivity contribution is 7.89. The lowest BCUT2D eigenvalue weighted by molar-refractivity contribution is -0.384. The van der Waals surface area contributed by atoms with Gasteiger partial charge in [-0.05, 0) is 36.9 Å². The minimum Gasteiger partial charge on any atom is -0.375 e. The van der Waals surface area contributed by atoms with Gasteiger partial charge in [0.1, 0.15) is 5.69 Å². The molecular formula is C20H23N7O4S. The summed E-state index contributed by atoms with van der Waals surface area (Å²) in [7, 11) is -1.87. The molecule has 0 aliphatic carbocycles. The van der Waals surface area contributed by atoms with E-state index in [1.807, 2.05) is 18.0 Å². The molecule has 12 heteroatoms. The Hall–Kier alpha value is -3.35.